The number of carboxylic acids is 1. The molecule has 0 radical (unpaired) electrons. The molecule has 2 aromatic rings. The molecule has 1 N–H and O–H groups in total. The topological polar surface area (TPSA) is 46.5 Å². The summed E-state index contributed by atoms with van der Waals surface area (Å²) in [6.07, 6.45) is 0.0950. The van der Waals surface area contributed by atoms with E-state index in [-0.39, 0.29) is 11.8 Å². The number of hydrogen-bond acceptors (Lipinski definition) is 2. The van der Waals surface area contributed by atoms with Gasteiger partial charge in [-0.3, -0.25) is 4.79 Å². The Morgan fingerprint density at radius 3 is 2.58 bits per heavy atom. The van der Waals surface area contributed by atoms with Crippen molar-refractivity contribution in [3.8, 4) is 5.75 Å². The number of fused-ring (bicyclic) bond motifs is 1. The van der Waals surface area contributed by atoms with E-state index in [1.54, 1.807) is 0 Å². The Hall–Kier alpha value is -2.03. The van der Waals surface area contributed by atoms with Crippen molar-refractivity contribution in [2.24, 2.45) is 5.41 Å². The highest BCUT2D eigenvalue weighted by molar-refractivity contribution is 5.88. The lowest BCUT2D eigenvalue weighted by Crippen LogP contribution is -2.24. The second-order valence-electron chi connectivity index (χ2n) is 5.50. The average Bonchev–Trinajstić information content (AvgIpc) is 2.35. The molecule has 0 aliphatic carbocycles. The molecule has 0 aliphatic heterocycles. The highest BCUT2D eigenvalue weighted by Gasteiger charge is 2.23. The number of ether oxygens (including phenoxy) is 1. The Morgan fingerprint density at radius 1 is 1.16 bits per heavy atom. The van der Waals surface area contributed by atoms with Gasteiger partial charge in [-0.05, 0) is 11.5 Å². The van der Waals surface area contributed by atoms with Gasteiger partial charge in [0.2, 0.25) is 0 Å². The van der Waals surface area contributed by atoms with Gasteiger partial charge in [0.15, 0.2) is 0 Å². The van der Waals surface area contributed by atoms with Gasteiger partial charge in [-0.25, -0.2) is 0 Å². The smallest absolute Gasteiger partial charge is 0.304 e. The molecule has 2 rings (SSSR count). The monoisotopic (exact) mass is 258 g/mol. The molecular weight excluding hydrogens is 240 g/mol. The van der Waals surface area contributed by atoms with Crippen molar-refractivity contribution in [1.29, 1.82) is 0 Å². The van der Waals surface area contributed by atoms with Crippen LogP contribution in [0.4, 0.5) is 0 Å². The SMILES string of the molecule is CC(C)(COc1cccc2ccccc12)CC(=O)O. The van der Waals surface area contributed by atoms with E-state index >= 15 is 0 Å². The van der Waals surface area contributed by atoms with Crippen molar-refractivity contribution in [3.05, 3.63) is 42.5 Å². The zero-order valence-electron chi connectivity index (χ0n) is 11.2. The minimum absolute atomic E-state index is 0.0950. The van der Waals surface area contributed by atoms with Gasteiger partial charge in [-0.15, -0.1) is 0 Å². The Labute approximate surface area is 112 Å². The van der Waals surface area contributed by atoms with E-state index in [2.05, 4.69) is 0 Å². The molecule has 0 heterocycles. The van der Waals surface area contributed by atoms with Crippen LogP contribution in [0.1, 0.15) is 20.3 Å². The zero-order valence-corrected chi connectivity index (χ0v) is 11.2. The fourth-order valence-electron chi connectivity index (χ4n) is 2.06. The van der Waals surface area contributed by atoms with E-state index < -0.39 is 5.97 Å². The quantitative estimate of drug-likeness (QED) is 0.889. The lowest BCUT2D eigenvalue weighted by Gasteiger charge is -2.23. The third kappa shape index (κ3) is 3.47. The standard InChI is InChI=1S/C16H18O3/c1-16(2,10-15(17)18)11-19-14-9-5-7-12-6-3-4-8-13(12)14/h3-9H,10-11H2,1-2H3,(H,17,18). The van der Waals surface area contributed by atoms with Crippen LogP contribution in [0.2, 0.25) is 0 Å². The molecule has 19 heavy (non-hydrogen) atoms. The van der Waals surface area contributed by atoms with Gasteiger partial charge in [-0.1, -0.05) is 50.2 Å². The first kappa shape index (κ1) is 13.4. The predicted molar refractivity (Wildman–Crippen MR) is 75.5 cm³/mol. The van der Waals surface area contributed by atoms with E-state index in [0.29, 0.717) is 6.61 Å². The van der Waals surface area contributed by atoms with Crippen LogP contribution in [0.15, 0.2) is 42.5 Å². The zero-order chi connectivity index (χ0) is 13.9. The highest BCUT2D eigenvalue weighted by atomic mass is 16.5. The van der Waals surface area contributed by atoms with Crippen LogP contribution in [0.5, 0.6) is 5.75 Å². The molecule has 3 heteroatoms. The van der Waals surface area contributed by atoms with Crippen molar-refractivity contribution in [1.82, 2.24) is 0 Å². The maximum absolute atomic E-state index is 10.8. The van der Waals surface area contributed by atoms with Gasteiger partial charge in [0.25, 0.3) is 0 Å². The summed E-state index contributed by atoms with van der Waals surface area (Å²) in [5.74, 6) is 0.00286. The van der Waals surface area contributed by atoms with Crippen LogP contribution in [0.25, 0.3) is 10.8 Å². The summed E-state index contributed by atoms with van der Waals surface area (Å²) >= 11 is 0. The Morgan fingerprint density at radius 2 is 1.84 bits per heavy atom. The van der Waals surface area contributed by atoms with Crippen LogP contribution in [0, 0.1) is 5.41 Å². The first-order valence-electron chi connectivity index (χ1n) is 6.30. The van der Waals surface area contributed by atoms with Crippen molar-refractivity contribution in [2.45, 2.75) is 20.3 Å². The number of aliphatic carboxylic acids is 1. The predicted octanol–water partition coefficient (Wildman–Crippen LogP) is 3.72. The highest BCUT2D eigenvalue weighted by Crippen LogP contribution is 2.28. The van der Waals surface area contributed by atoms with Crippen molar-refractivity contribution < 1.29 is 14.6 Å². The minimum Gasteiger partial charge on any atom is -0.492 e. The van der Waals surface area contributed by atoms with Crippen LogP contribution in [-0.2, 0) is 4.79 Å². The van der Waals surface area contributed by atoms with Crippen molar-refractivity contribution in [3.63, 3.8) is 0 Å². The molecule has 0 unspecified atom stereocenters. The van der Waals surface area contributed by atoms with Gasteiger partial charge in [-0.2, -0.15) is 0 Å². The van der Waals surface area contributed by atoms with Gasteiger partial charge in [0, 0.05) is 10.8 Å². The van der Waals surface area contributed by atoms with Crippen LogP contribution in [0.3, 0.4) is 0 Å². The van der Waals surface area contributed by atoms with E-state index in [1.807, 2.05) is 56.3 Å². The summed E-state index contributed by atoms with van der Waals surface area (Å²) in [5, 5.41) is 11.0. The van der Waals surface area contributed by atoms with Gasteiger partial charge >= 0.3 is 5.97 Å². The second kappa shape index (κ2) is 5.31. The van der Waals surface area contributed by atoms with Gasteiger partial charge in [0.1, 0.15) is 5.75 Å². The van der Waals surface area contributed by atoms with Crippen LogP contribution in [-0.4, -0.2) is 17.7 Å². The maximum atomic E-state index is 10.8. The second-order valence-corrected chi connectivity index (χ2v) is 5.50. The van der Waals surface area contributed by atoms with E-state index in [9.17, 15) is 4.79 Å². The number of rotatable bonds is 5. The molecule has 100 valence electrons. The minimum atomic E-state index is -0.800. The summed E-state index contributed by atoms with van der Waals surface area (Å²) in [7, 11) is 0. The molecule has 0 bridgehead atoms. The molecule has 0 aromatic heterocycles. The summed E-state index contributed by atoms with van der Waals surface area (Å²) < 4.78 is 5.82. The van der Waals surface area contributed by atoms with Crippen LogP contribution < -0.4 is 4.74 Å². The lowest BCUT2D eigenvalue weighted by molar-refractivity contribution is -0.139. The normalized spacial score (nSPS) is 11.5. The fraction of sp³-hybridized carbons (Fsp3) is 0.312. The summed E-state index contributed by atoms with van der Waals surface area (Å²) in [6.45, 7) is 4.17. The van der Waals surface area contributed by atoms with Crippen molar-refractivity contribution >= 4 is 16.7 Å². The van der Waals surface area contributed by atoms with E-state index in [0.717, 1.165) is 16.5 Å². The molecule has 0 saturated carbocycles. The number of carboxylic acid groups (broad SMARTS) is 1. The molecule has 2 aromatic carbocycles. The fourth-order valence-corrected chi connectivity index (χ4v) is 2.06. The van der Waals surface area contributed by atoms with Gasteiger partial charge < -0.3 is 9.84 Å². The molecule has 0 aliphatic rings. The molecule has 0 amide bonds. The van der Waals surface area contributed by atoms with Crippen LogP contribution >= 0.6 is 0 Å². The van der Waals surface area contributed by atoms with Crippen molar-refractivity contribution in [2.75, 3.05) is 6.61 Å². The summed E-state index contributed by atoms with van der Waals surface area (Å²) in [5.41, 5.74) is -0.386. The summed E-state index contributed by atoms with van der Waals surface area (Å²) in [4.78, 5) is 10.8. The maximum Gasteiger partial charge on any atom is 0.304 e. The van der Waals surface area contributed by atoms with E-state index in [1.165, 1.54) is 0 Å². The number of hydrogen-bond donors (Lipinski definition) is 1. The molecule has 0 fully saturated rings. The van der Waals surface area contributed by atoms with Gasteiger partial charge in [0.05, 0.1) is 13.0 Å². The Bertz CT molecular complexity index is 582. The van der Waals surface area contributed by atoms with E-state index in [4.69, 9.17) is 9.84 Å². The molecule has 0 spiro atoms. The largest absolute Gasteiger partial charge is 0.492 e. The third-order valence-corrected chi connectivity index (χ3v) is 3.00. The molecule has 0 atom stereocenters. The first-order valence-corrected chi connectivity index (χ1v) is 6.30. The molecular formula is C16H18O3. The summed E-state index contributed by atoms with van der Waals surface area (Å²) in [6, 6.07) is 13.9. The molecule has 3 nitrogen and oxygen atoms in total. The Balaban J connectivity index is 2.16. The molecule has 0 saturated heterocycles. The number of carbonyl (C=O) groups is 1. The average molecular weight is 258 g/mol. The third-order valence-electron chi connectivity index (χ3n) is 3.00. The lowest BCUT2D eigenvalue weighted by atomic mass is 9.90. The number of benzene rings is 2. The first-order chi connectivity index (χ1) is 8.98. The Kier molecular flexibility index (Phi) is 3.74.